The summed E-state index contributed by atoms with van der Waals surface area (Å²) < 4.78 is 5.82. The second kappa shape index (κ2) is 7.28. The van der Waals surface area contributed by atoms with Crippen LogP contribution >= 0.6 is 0 Å². The lowest BCUT2D eigenvalue weighted by Gasteiger charge is -2.15. The van der Waals surface area contributed by atoms with Gasteiger partial charge in [-0.05, 0) is 41.2 Å². The maximum absolute atomic E-state index is 6.21. The predicted molar refractivity (Wildman–Crippen MR) is 88.8 cm³/mol. The van der Waals surface area contributed by atoms with E-state index in [9.17, 15) is 0 Å². The minimum Gasteiger partial charge on any atom is -0.492 e. The highest BCUT2D eigenvalue weighted by Gasteiger charge is 2.08. The fraction of sp³-hybridized carbons (Fsp3) is 0.368. The molecule has 0 fully saturated rings. The van der Waals surface area contributed by atoms with Crippen LogP contribution in [-0.2, 0) is 6.42 Å². The normalized spacial score (nSPS) is 12.4. The molecule has 112 valence electrons. The summed E-state index contributed by atoms with van der Waals surface area (Å²) in [7, 11) is 0. The minimum atomic E-state index is -0.100. The monoisotopic (exact) mass is 283 g/mol. The van der Waals surface area contributed by atoms with Crippen LogP contribution < -0.4 is 10.5 Å². The van der Waals surface area contributed by atoms with Crippen LogP contribution in [0.15, 0.2) is 48.5 Å². The van der Waals surface area contributed by atoms with Crippen LogP contribution in [0.1, 0.15) is 49.4 Å². The van der Waals surface area contributed by atoms with E-state index in [4.69, 9.17) is 10.5 Å². The third-order valence-corrected chi connectivity index (χ3v) is 3.77. The molecule has 2 rings (SSSR count). The molecule has 0 aliphatic carbocycles. The quantitative estimate of drug-likeness (QED) is 0.850. The lowest BCUT2D eigenvalue weighted by atomic mass is 9.99. The molecule has 0 aliphatic rings. The Morgan fingerprint density at radius 2 is 1.67 bits per heavy atom. The molecule has 0 aliphatic heterocycles. The number of ether oxygens (including phenoxy) is 1. The first kappa shape index (κ1) is 15.6. The smallest absolute Gasteiger partial charge is 0.119 e. The van der Waals surface area contributed by atoms with Crippen molar-refractivity contribution >= 4 is 0 Å². The second-order valence-electron chi connectivity index (χ2n) is 5.74. The Labute approximate surface area is 127 Å². The van der Waals surface area contributed by atoms with Gasteiger partial charge in [-0.25, -0.2) is 0 Å². The molecule has 1 atom stereocenters. The highest BCUT2D eigenvalue weighted by Crippen LogP contribution is 2.19. The predicted octanol–water partition coefficient (Wildman–Crippen LogP) is 4.45. The van der Waals surface area contributed by atoms with E-state index in [0.29, 0.717) is 12.5 Å². The molecule has 2 heteroatoms. The Morgan fingerprint density at radius 3 is 2.29 bits per heavy atom. The van der Waals surface area contributed by atoms with E-state index in [1.54, 1.807) is 0 Å². The van der Waals surface area contributed by atoms with Crippen LogP contribution in [0.5, 0.6) is 5.75 Å². The van der Waals surface area contributed by atoms with E-state index in [1.165, 1.54) is 11.1 Å². The van der Waals surface area contributed by atoms with Gasteiger partial charge < -0.3 is 10.5 Å². The molecule has 0 bridgehead atoms. The van der Waals surface area contributed by atoms with Crippen LogP contribution in [0, 0.1) is 0 Å². The van der Waals surface area contributed by atoms with Crippen LogP contribution in [0.2, 0.25) is 0 Å². The van der Waals surface area contributed by atoms with Crippen LogP contribution in [0.4, 0.5) is 0 Å². The zero-order chi connectivity index (χ0) is 15.2. The number of hydrogen-bond acceptors (Lipinski definition) is 2. The first-order chi connectivity index (χ1) is 10.1. The molecule has 0 heterocycles. The first-order valence-corrected chi connectivity index (χ1v) is 7.67. The van der Waals surface area contributed by atoms with Crippen molar-refractivity contribution in [3.05, 3.63) is 65.2 Å². The summed E-state index contributed by atoms with van der Waals surface area (Å²) in [6, 6.07) is 16.6. The van der Waals surface area contributed by atoms with Gasteiger partial charge in [0.05, 0.1) is 6.04 Å². The summed E-state index contributed by atoms with van der Waals surface area (Å²) in [5.41, 5.74) is 9.95. The zero-order valence-corrected chi connectivity index (χ0v) is 13.2. The third kappa shape index (κ3) is 4.33. The summed E-state index contributed by atoms with van der Waals surface area (Å²) >= 11 is 0. The van der Waals surface area contributed by atoms with Crippen molar-refractivity contribution in [3.8, 4) is 5.75 Å². The van der Waals surface area contributed by atoms with Gasteiger partial charge in [0.15, 0.2) is 0 Å². The topological polar surface area (TPSA) is 35.2 Å². The summed E-state index contributed by atoms with van der Waals surface area (Å²) in [6.07, 6.45) is 1.01. The average Bonchev–Trinajstić information content (AvgIpc) is 2.53. The maximum Gasteiger partial charge on any atom is 0.119 e. The Balaban J connectivity index is 1.96. The van der Waals surface area contributed by atoms with E-state index >= 15 is 0 Å². The van der Waals surface area contributed by atoms with Gasteiger partial charge in [-0.3, -0.25) is 0 Å². The summed E-state index contributed by atoms with van der Waals surface area (Å²) in [5, 5.41) is 0. The number of rotatable bonds is 6. The van der Waals surface area contributed by atoms with Crippen molar-refractivity contribution in [3.63, 3.8) is 0 Å². The van der Waals surface area contributed by atoms with Gasteiger partial charge in [0, 0.05) is 0 Å². The Hall–Kier alpha value is -1.80. The van der Waals surface area contributed by atoms with Crippen LogP contribution in [0.25, 0.3) is 0 Å². The fourth-order valence-corrected chi connectivity index (χ4v) is 2.27. The highest BCUT2D eigenvalue weighted by molar-refractivity contribution is 5.29. The zero-order valence-electron chi connectivity index (χ0n) is 13.2. The van der Waals surface area contributed by atoms with Crippen molar-refractivity contribution < 1.29 is 4.74 Å². The molecule has 0 saturated heterocycles. The van der Waals surface area contributed by atoms with E-state index in [1.807, 2.05) is 12.1 Å². The maximum atomic E-state index is 6.21. The van der Waals surface area contributed by atoms with Gasteiger partial charge in [-0.15, -0.1) is 0 Å². The fourth-order valence-electron chi connectivity index (χ4n) is 2.27. The molecule has 2 N–H and O–H groups in total. The number of benzene rings is 2. The summed E-state index contributed by atoms with van der Waals surface area (Å²) in [5.74, 6) is 1.44. The molecular formula is C19H25NO. The van der Waals surface area contributed by atoms with Gasteiger partial charge in [0.2, 0.25) is 0 Å². The van der Waals surface area contributed by atoms with Crippen LogP contribution in [0.3, 0.4) is 0 Å². The van der Waals surface area contributed by atoms with E-state index < -0.39 is 0 Å². The molecule has 0 saturated carbocycles. The molecule has 0 aromatic heterocycles. The standard InChI is InChI=1S/C19H25NO/c1-4-15-6-5-7-18(12-15)21-13-19(20)17-10-8-16(9-11-17)14(2)3/h5-12,14,19H,4,13,20H2,1-3H3. The van der Waals surface area contributed by atoms with Crippen LogP contribution in [-0.4, -0.2) is 6.61 Å². The van der Waals surface area contributed by atoms with Gasteiger partial charge in [-0.1, -0.05) is 57.2 Å². The highest BCUT2D eigenvalue weighted by atomic mass is 16.5. The van der Waals surface area contributed by atoms with Crippen molar-refractivity contribution in [1.82, 2.24) is 0 Å². The summed E-state index contributed by atoms with van der Waals surface area (Å²) in [4.78, 5) is 0. The summed E-state index contributed by atoms with van der Waals surface area (Å²) in [6.45, 7) is 7.02. The molecule has 0 amide bonds. The minimum absolute atomic E-state index is 0.100. The van der Waals surface area contributed by atoms with Crippen molar-refractivity contribution in [2.24, 2.45) is 5.73 Å². The molecule has 0 radical (unpaired) electrons. The number of nitrogens with two attached hydrogens (primary N) is 1. The molecule has 21 heavy (non-hydrogen) atoms. The van der Waals surface area contributed by atoms with Gasteiger partial charge >= 0.3 is 0 Å². The SMILES string of the molecule is CCc1cccc(OCC(N)c2ccc(C(C)C)cc2)c1. The van der Waals surface area contributed by atoms with E-state index in [-0.39, 0.29) is 6.04 Å². The largest absolute Gasteiger partial charge is 0.492 e. The third-order valence-electron chi connectivity index (χ3n) is 3.77. The molecular weight excluding hydrogens is 258 g/mol. The Morgan fingerprint density at radius 1 is 1.00 bits per heavy atom. The second-order valence-corrected chi connectivity index (χ2v) is 5.74. The lowest BCUT2D eigenvalue weighted by molar-refractivity contribution is 0.290. The van der Waals surface area contributed by atoms with E-state index in [0.717, 1.165) is 17.7 Å². The lowest BCUT2D eigenvalue weighted by Crippen LogP contribution is -2.19. The van der Waals surface area contributed by atoms with Crippen molar-refractivity contribution in [2.75, 3.05) is 6.61 Å². The molecule has 0 spiro atoms. The average molecular weight is 283 g/mol. The van der Waals surface area contributed by atoms with Crippen molar-refractivity contribution in [1.29, 1.82) is 0 Å². The number of hydrogen-bond donors (Lipinski definition) is 1. The molecule has 2 aromatic carbocycles. The molecule has 2 aromatic rings. The van der Waals surface area contributed by atoms with E-state index in [2.05, 4.69) is 57.2 Å². The Bertz CT molecular complexity index is 560. The van der Waals surface area contributed by atoms with Gasteiger partial charge in [0.1, 0.15) is 12.4 Å². The first-order valence-electron chi connectivity index (χ1n) is 7.67. The molecule has 2 nitrogen and oxygen atoms in total. The number of aryl methyl sites for hydroxylation is 1. The van der Waals surface area contributed by atoms with Gasteiger partial charge in [-0.2, -0.15) is 0 Å². The van der Waals surface area contributed by atoms with Gasteiger partial charge in [0.25, 0.3) is 0 Å². The Kier molecular flexibility index (Phi) is 5.40. The molecule has 1 unspecified atom stereocenters. The van der Waals surface area contributed by atoms with Crippen molar-refractivity contribution in [2.45, 2.75) is 39.2 Å².